The molecule has 3 heterocycles. The Morgan fingerprint density at radius 2 is 2.00 bits per heavy atom. The maximum Gasteiger partial charge on any atom is 0.269 e. The number of sulfonamides is 1. The number of benzene rings is 1. The summed E-state index contributed by atoms with van der Waals surface area (Å²) in [5.41, 5.74) is 0.131. The highest BCUT2D eigenvalue weighted by Crippen LogP contribution is 2.35. The fraction of sp³-hybridized carbons (Fsp3) is 0.294. The standard InChI is InChI=1S/C17H16N2O4S2/c20-16(18-9-3-6-13(18)14-7-4-10-24-14)11-19-17(21)12-5-1-2-8-15(12)25(19,22)23/h1-2,4-5,7-8,10,13H,3,6,9,11H2/t13-/m0/s1. The van der Waals surface area contributed by atoms with Crippen molar-refractivity contribution in [3.05, 3.63) is 52.2 Å². The van der Waals surface area contributed by atoms with Crippen molar-refractivity contribution in [1.82, 2.24) is 9.21 Å². The molecule has 2 amide bonds. The first-order valence-corrected chi connectivity index (χ1v) is 10.3. The lowest BCUT2D eigenvalue weighted by molar-refractivity contribution is -0.132. The van der Waals surface area contributed by atoms with Crippen LogP contribution in [-0.2, 0) is 14.8 Å². The SMILES string of the molecule is O=C(CN1C(=O)c2ccccc2S1(=O)=O)N1CCC[C@H]1c1cccs1. The number of fused-ring (bicyclic) bond motifs is 1. The van der Waals surface area contributed by atoms with Crippen molar-refractivity contribution in [2.24, 2.45) is 0 Å². The van der Waals surface area contributed by atoms with E-state index in [1.165, 1.54) is 12.1 Å². The molecule has 0 bridgehead atoms. The van der Waals surface area contributed by atoms with E-state index in [1.807, 2.05) is 17.5 Å². The van der Waals surface area contributed by atoms with Crippen molar-refractivity contribution < 1.29 is 18.0 Å². The van der Waals surface area contributed by atoms with E-state index in [9.17, 15) is 18.0 Å². The van der Waals surface area contributed by atoms with Crippen molar-refractivity contribution in [2.75, 3.05) is 13.1 Å². The minimum absolute atomic E-state index is 0.0240. The van der Waals surface area contributed by atoms with Gasteiger partial charge in [-0.1, -0.05) is 18.2 Å². The van der Waals surface area contributed by atoms with Crippen LogP contribution in [0.25, 0.3) is 0 Å². The number of amides is 2. The van der Waals surface area contributed by atoms with E-state index in [2.05, 4.69) is 0 Å². The Labute approximate surface area is 149 Å². The summed E-state index contributed by atoms with van der Waals surface area (Å²) in [7, 11) is -3.95. The average Bonchev–Trinajstić information content (AvgIpc) is 3.31. The first kappa shape index (κ1) is 16.3. The van der Waals surface area contributed by atoms with Crippen LogP contribution in [0.1, 0.15) is 34.1 Å². The van der Waals surface area contributed by atoms with Gasteiger partial charge < -0.3 is 4.90 Å². The topological polar surface area (TPSA) is 74.8 Å². The molecular weight excluding hydrogens is 360 g/mol. The van der Waals surface area contributed by atoms with E-state index in [1.54, 1.807) is 28.4 Å². The molecule has 1 atom stereocenters. The van der Waals surface area contributed by atoms with Crippen LogP contribution in [-0.4, -0.2) is 42.5 Å². The van der Waals surface area contributed by atoms with Gasteiger partial charge in [0.2, 0.25) is 5.91 Å². The van der Waals surface area contributed by atoms with Gasteiger partial charge in [0.05, 0.1) is 11.6 Å². The quantitative estimate of drug-likeness (QED) is 0.823. The molecule has 0 spiro atoms. The lowest BCUT2D eigenvalue weighted by Crippen LogP contribution is -2.42. The molecule has 1 aromatic heterocycles. The highest BCUT2D eigenvalue weighted by Gasteiger charge is 2.43. The maximum atomic E-state index is 12.8. The van der Waals surface area contributed by atoms with Crippen molar-refractivity contribution in [2.45, 2.75) is 23.8 Å². The zero-order valence-electron chi connectivity index (χ0n) is 13.3. The first-order chi connectivity index (χ1) is 12.0. The number of thiophene rings is 1. The van der Waals surface area contributed by atoms with Crippen LogP contribution in [0.3, 0.4) is 0 Å². The zero-order chi connectivity index (χ0) is 17.6. The molecule has 1 fully saturated rings. The highest BCUT2D eigenvalue weighted by molar-refractivity contribution is 7.90. The summed E-state index contributed by atoms with van der Waals surface area (Å²) < 4.78 is 25.9. The van der Waals surface area contributed by atoms with Crippen LogP contribution >= 0.6 is 11.3 Å². The second-order valence-electron chi connectivity index (χ2n) is 6.07. The number of nitrogens with zero attached hydrogens (tertiary/aromatic N) is 2. The third kappa shape index (κ3) is 2.56. The number of rotatable bonds is 3. The van der Waals surface area contributed by atoms with E-state index in [0.29, 0.717) is 10.8 Å². The predicted octanol–water partition coefficient (Wildman–Crippen LogP) is 2.26. The van der Waals surface area contributed by atoms with Crippen molar-refractivity contribution >= 4 is 33.2 Å². The Balaban J connectivity index is 1.59. The molecule has 4 rings (SSSR count). The van der Waals surface area contributed by atoms with Crippen LogP contribution < -0.4 is 0 Å². The van der Waals surface area contributed by atoms with Crippen LogP contribution in [0.4, 0.5) is 0 Å². The second kappa shape index (κ2) is 5.96. The molecule has 6 nitrogen and oxygen atoms in total. The van der Waals surface area contributed by atoms with Gasteiger partial charge in [-0.05, 0) is 36.4 Å². The first-order valence-electron chi connectivity index (χ1n) is 7.99. The molecule has 0 saturated carbocycles. The number of carbonyl (C=O) groups is 2. The van der Waals surface area contributed by atoms with Crippen molar-refractivity contribution in [3.63, 3.8) is 0 Å². The molecule has 2 aliphatic heterocycles. The van der Waals surface area contributed by atoms with Gasteiger partial charge in [0.15, 0.2) is 0 Å². The molecule has 0 radical (unpaired) electrons. The largest absolute Gasteiger partial charge is 0.333 e. The molecule has 2 aliphatic rings. The minimum Gasteiger partial charge on any atom is -0.333 e. The van der Waals surface area contributed by atoms with E-state index in [4.69, 9.17) is 0 Å². The Hall–Kier alpha value is -2.19. The minimum atomic E-state index is -3.95. The third-order valence-corrected chi connectivity index (χ3v) is 7.40. The summed E-state index contributed by atoms with van der Waals surface area (Å²) in [6.07, 6.45) is 1.72. The molecule has 1 aromatic carbocycles. The Morgan fingerprint density at radius 1 is 1.20 bits per heavy atom. The summed E-state index contributed by atoms with van der Waals surface area (Å²) >= 11 is 1.58. The Bertz CT molecular complexity index is 937. The maximum absolute atomic E-state index is 12.8. The van der Waals surface area contributed by atoms with E-state index >= 15 is 0 Å². The van der Waals surface area contributed by atoms with Crippen LogP contribution in [0, 0.1) is 0 Å². The fourth-order valence-corrected chi connectivity index (χ4v) is 5.83. The monoisotopic (exact) mass is 376 g/mol. The fourth-order valence-electron chi connectivity index (χ4n) is 3.44. The average molecular weight is 376 g/mol. The summed E-state index contributed by atoms with van der Waals surface area (Å²) in [6.45, 7) is 0.133. The van der Waals surface area contributed by atoms with Crippen LogP contribution in [0.15, 0.2) is 46.7 Å². The summed E-state index contributed by atoms with van der Waals surface area (Å²) in [6, 6.07) is 9.95. The Kier molecular flexibility index (Phi) is 3.88. The molecule has 1 saturated heterocycles. The van der Waals surface area contributed by atoms with Gasteiger partial charge in [-0.3, -0.25) is 9.59 Å². The molecule has 25 heavy (non-hydrogen) atoms. The number of hydrogen-bond donors (Lipinski definition) is 0. The molecule has 2 aromatic rings. The van der Waals surface area contributed by atoms with E-state index < -0.39 is 22.5 Å². The Morgan fingerprint density at radius 3 is 2.72 bits per heavy atom. The van der Waals surface area contributed by atoms with Gasteiger partial charge in [0, 0.05) is 11.4 Å². The van der Waals surface area contributed by atoms with Crippen LogP contribution in [0.5, 0.6) is 0 Å². The van der Waals surface area contributed by atoms with E-state index in [-0.39, 0.29) is 22.4 Å². The van der Waals surface area contributed by atoms with Gasteiger partial charge >= 0.3 is 0 Å². The molecule has 130 valence electrons. The van der Waals surface area contributed by atoms with E-state index in [0.717, 1.165) is 17.7 Å². The smallest absolute Gasteiger partial charge is 0.269 e. The third-order valence-electron chi connectivity index (χ3n) is 4.64. The lowest BCUT2D eigenvalue weighted by Gasteiger charge is -2.26. The number of hydrogen-bond acceptors (Lipinski definition) is 5. The summed E-state index contributed by atoms with van der Waals surface area (Å²) in [5, 5.41) is 1.96. The summed E-state index contributed by atoms with van der Waals surface area (Å²) in [4.78, 5) is 28.0. The van der Waals surface area contributed by atoms with Gasteiger partial charge in [0.25, 0.3) is 15.9 Å². The van der Waals surface area contributed by atoms with Crippen molar-refractivity contribution in [1.29, 1.82) is 0 Å². The lowest BCUT2D eigenvalue weighted by atomic mass is 10.2. The van der Waals surface area contributed by atoms with Gasteiger partial charge in [0.1, 0.15) is 11.4 Å². The second-order valence-corrected chi connectivity index (χ2v) is 8.88. The van der Waals surface area contributed by atoms with Crippen molar-refractivity contribution in [3.8, 4) is 0 Å². The molecule has 0 unspecified atom stereocenters. The molecule has 0 aliphatic carbocycles. The van der Waals surface area contributed by atoms with Gasteiger partial charge in [-0.25, -0.2) is 12.7 Å². The molecule has 0 N–H and O–H groups in total. The zero-order valence-corrected chi connectivity index (χ0v) is 14.9. The molecule has 8 heteroatoms. The normalized spacial score (nSPS) is 21.6. The van der Waals surface area contributed by atoms with Crippen LogP contribution in [0.2, 0.25) is 0 Å². The number of likely N-dealkylation sites (tertiary alicyclic amines) is 1. The van der Waals surface area contributed by atoms with Gasteiger partial charge in [-0.2, -0.15) is 0 Å². The number of carbonyl (C=O) groups excluding carboxylic acids is 2. The predicted molar refractivity (Wildman–Crippen MR) is 92.7 cm³/mol. The summed E-state index contributed by atoms with van der Waals surface area (Å²) in [5.74, 6) is -0.962. The molecular formula is C17H16N2O4S2. The van der Waals surface area contributed by atoms with Gasteiger partial charge in [-0.15, -0.1) is 11.3 Å². The highest BCUT2D eigenvalue weighted by atomic mass is 32.2.